The second-order valence-electron chi connectivity index (χ2n) is 4.09. The van der Waals surface area contributed by atoms with Crippen molar-refractivity contribution in [3.8, 4) is 11.5 Å². The molecule has 7 heteroatoms. The molecule has 0 radical (unpaired) electrons. The highest BCUT2D eigenvalue weighted by atomic mass is 32.2. The van der Waals surface area contributed by atoms with Gasteiger partial charge in [-0.05, 0) is 13.1 Å². The number of aliphatic hydroxyl groups is 1. The van der Waals surface area contributed by atoms with Gasteiger partial charge in [0, 0.05) is 24.4 Å². The molecule has 1 aromatic rings. The van der Waals surface area contributed by atoms with E-state index in [2.05, 4.69) is 5.32 Å². The van der Waals surface area contributed by atoms with E-state index in [4.69, 9.17) is 9.47 Å². The summed E-state index contributed by atoms with van der Waals surface area (Å²) in [5.41, 5.74) is 0.316. The molecule has 2 rings (SSSR count). The molecule has 1 aromatic carbocycles. The number of aliphatic hydroxyl groups excluding tert-OH is 1. The highest BCUT2D eigenvalue weighted by Crippen LogP contribution is 2.38. The topological polar surface area (TPSA) is 84.9 Å². The average molecular weight is 273 g/mol. The second-order valence-corrected chi connectivity index (χ2v) is 6.07. The molecule has 1 aliphatic rings. The van der Waals surface area contributed by atoms with E-state index < -0.39 is 15.9 Å². The van der Waals surface area contributed by atoms with Gasteiger partial charge in [0.25, 0.3) is 0 Å². The van der Waals surface area contributed by atoms with Crippen molar-refractivity contribution in [2.75, 3.05) is 26.6 Å². The first-order valence-electron chi connectivity index (χ1n) is 5.39. The standard InChI is InChI=1S/C11H15NO5S/c1-12-5-8(13)7-3-9-10(17-6-16-9)4-11(7)18(2,14)15/h3-4,8,12-13H,5-6H2,1-2H3. The van der Waals surface area contributed by atoms with Gasteiger partial charge in [-0.25, -0.2) is 8.42 Å². The van der Waals surface area contributed by atoms with Crippen molar-refractivity contribution < 1.29 is 23.0 Å². The van der Waals surface area contributed by atoms with E-state index >= 15 is 0 Å². The lowest BCUT2D eigenvalue weighted by Gasteiger charge is -2.15. The summed E-state index contributed by atoms with van der Waals surface area (Å²) in [4.78, 5) is 0.0644. The predicted molar refractivity (Wildman–Crippen MR) is 64.6 cm³/mol. The molecule has 0 spiro atoms. The monoisotopic (exact) mass is 273 g/mol. The first-order valence-corrected chi connectivity index (χ1v) is 7.29. The minimum Gasteiger partial charge on any atom is -0.454 e. The summed E-state index contributed by atoms with van der Waals surface area (Å²) in [5.74, 6) is 0.836. The van der Waals surface area contributed by atoms with Crippen LogP contribution in [-0.2, 0) is 9.84 Å². The van der Waals surface area contributed by atoms with Crippen LogP contribution in [0, 0.1) is 0 Å². The van der Waals surface area contributed by atoms with Crippen LogP contribution in [-0.4, -0.2) is 40.2 Å². The summed E-state index contributed by atoms with van der Waals surface area (Å²) in [7, 11) is -1.76. The van der Waals surface area contributed by atoms with Crippen molar-refractivity contribution in [3.05, 3.63) is 17.7 Å². The van der Waals surface area contributed by atoms with Crippen LogP contribution in [0.2, 0.25) is 0 Å². The molecule has 0 bridgehead atoms. The fraction of sp³-hybridized carbons (Fsp3) is 0.455. The fourth-order valence-corrected chi connectivity index (χ4v) is 2.77. The zero-order valence-electron chi connectivity index (χ0n) is 10.1. The van der Waals surface area contributed by atoms with Crippen LogP contribution < -0.4 is 14.8 Å². The summed E-state index contributed by atoms with van der Waals surface area (Å²) in [6, 6.07) is 2.91. The Morgan fingerprint density at radius 1 is 1.39 bits per heavy atom. The first kappa shape index (κ1) is 13.1. The number of hydrogen-bond acceptors (Lipinski definition) is 6. The van der Waals surface area contributed by atoms with Crippen molar-refractivity contribution in [2.45, 2.75) is 11.0 Å². The lowest BCUT2D eigenvalue weighted by molar-refractivity contribution is 0.170. The Kier molecular flexibility index (Phi) is 3.47. The molecule has 0 saturated carbocycles. The Balaban J connectivity index is 2.55. The van der Waals surface area contributed by atoms with Crippen LogP contribution in [0.4, 0.5) is 0 Å². The zero-order chi connectivity index (χ0) is 13.3. The zero-order valence-corrected chi connectivity index (χ0v) is 11.0. The Bertz CT molecular complexity index is 555. The third kappa shape index (κ3) is 2.43. The first-order chi connectivity index (χ1) is 8.43. The lowest BCUT2D eigenvalue weighted by atomic mass is 10.1. The second kappa shape index (κ2) is 4.75. The molecule has 18 heavy (non-hydrogen) atoms. The van der Waals surface area contributed by atoms with E-state index in [1.165, 1.54) is 12.1 Å². The minimum absolute atomic E-state index is 0.0596. The summed E-state index contributed by atoms with van der Waals surface area (Å²) >= 11 is 0. The van der Waals surface area contributed by atoms with Gasteiger partial charge in [0.05, 0.1) is 11.0 Å². The SMILES string of the molecule is CNCC(O)c1cc2c(cc1S(C)(=O)=O)OCO2. The van der Waals surface area contributed by atoms with Gasteiger partial charge in [-0.15, -0.1) is 0 Å². The normalized spacial score (nSPS) is 15.7. The number of nitrogens with one attached hydrogen (secondary N) is 1. The Labute approximate surface area is 105 Å². The Morgan fingerprint density at radius 2 is 2.00 bits per heavy atom. The van der Waals surface area contributed by atoms with Crippen LogP contribution in [0.5, 0.6) is 11.5 Å². The van der Waals surface area contributed by atoms with Gasteiger partial charge in [0.2, 0.25) is 6.79 Å². The van der Waals surface area contributed by atoms with Gasteiger partial charge in [-0.2, -0.15) is 0 Å². The number of rotatable bonds is 4. The van der Waals surface area contributed by atoms with Crippen molar-refractivity contribution in [1.29, 1.82) is 0 Å². The average Bonchev–Trinajstić information content (AvgIpc) is 2.73. The molecule has 0 aromatic heterocycles. The van der Waals surface area contributed by atoms with Crippen molar-refractivity contribution >= 4 is 9.84 Å². The van der Waals surface area contributed by atoms with Gasteiger partial charge < -0.3 is 19.9 Å². The summed E-state index contributed by atoms with van der Waals surface area (Å²) in [6.07, 6.45) is 0.175. The molecular weight excluding hydrogens is 258 g/mol. The van der Waals surface area contributed by atoms with E-state index in [1.54, 1.807) is 7.05 Å². The highest BCUT2D eigenvalue weighted by molar-refractivity contribution is 7.90. The molecule has 1 unspecified atom stereocenters. The maximum Gasteiger partial charge on any atom is 0.231 e. The quantitative estimate of drug-likeness (QED) is 0.807. The molecule has 0 fully saturated rings. The van der Waals surface area contributed by atoms with Crippen molar-refractivity contribution in [2.24, 2.45) is 0 Å². The number of benzene rings is 1. The van der Waals surface area contributed by atoms with E-state index in [1.807, 2.05) is 0 Å². The van der Waals surface area contributed by atoms with Gasteiger partial charge in [0.15, 0.2) is 21.3 Å². The molecule has 0 saturated heterocycles. The molecular formula is C11H15NO5S. The molecule has 1 aliphatic heterocycles. The minimum atomic E-state index is -3.44. The fourth-order valence-electron chi connectivity index (χ4n) is 1.82. The lowest BCUT2D eigenvalue weighted by Crippen LogP contribution is -2.18. The molecule has 1 atom stereocenters. The van der Waals surface area contributed by atoms with Crippen molar-refractivity contribution in [1.82, 2.24) is 5.32 Å². The van der Waals surface area contributed by atoms with Gasteiger partial charge >= 0.3 is 0 Å². The van der Waals surface area contributed by atoms with E-state index in [-0.39, 0.29) is 18.2 Å². The van der Waals surface area contributed by atoms with Gasteiger partial charge in [-0.3, -0.25) is 0 Å². The number of fused-ring (bicyclic) bond motifs is 1. The number of hydrogen-bond donors (Lipinski definition) is 2. The number of likely N-dealkylation sites (N-methyl/N-ethyl adjacent to an activating group) is 1. The van der Waals surface area contributed by atoms with Gasteiger partial charge in [-0.1, -0.05) is 0 Å². The molecule has 6 nitrogen and oxygen atoms in total. The van der Waals surface area contributed by atoms with Crippen LogP contribution in [0.25, 0.3) is 0 Å². The molecule has 0 aliphatic carbocycles. The largest absolute Gasteiger partial charge is 0.454 e. The maximum atomic E-state index is 11.7. The summed E-state index contributed by atoms with van der Waals surface area (Å²) in [5, 5.41) is 12.8. The summed E-state index contributed by atoms with van der Waals surface area (Å²) in [6.45, 7) is 0.312. The van der Waals surface area contributed by atoms with Crippen LogP contribution in [0.1, 0.15) is 11.7 Å². The highest BCUT2D eigenvalue weighted by Gasteiger charge is 2.25. The predicted octanol–water partition coefficient (Wildman–Crippen LogP) is 0.0716. The van der Waals surface area contributed by atoms with E-state index in [9.17, 15) is 13.5 Å². The molecule has 0 amide bonds. The van der Waals surface area contributed by atoms with Crippen molar-refractivity contribution in [3.63, 3.8) is 0 Å². The summed E-state index contributed by atoms with van der Waals surface area (Å²) < 4.78 is 33.8. The Hall–Kier alpha value is -1.31. The molecule has 2 N–H and O–H groups in total. The Morgan fingerprint density at radius 3 is 2.56 bits per heavy atom. The number of ether oxygens (including phenoxy) is 2. The van der Waals surface area contributed by atoms with E-state index in [0.717, 1.165) is 6.26 Å². The molecule has 100 valence electrons. The van der Waals surface area contributed by atoms with Gasteiger partial charge in [0.1, 0.15) is 0 Å². The number of sulfone groups is 1. The third-order valence-corrected chi connectivity index (χ3v) is 3.81. The molecule has 1 heterocycles. The maximum absolute atomic E-state index is 11.7. The van der Waals surface area contributed by atoms with Crippen LogP contribution in [0.15, 0.2) is 17.0 Å². The van der Waals surface area contributed by atoms with Crippen LogP contribution >= 0.6 is 0 Å². The van der Waals surface area contributed by atoms with Crippen LogP contribution in [0.3, 0.4) is 0 Å². The van der Waals surface area contributed by atoms with E-state index in [0.29, 0.717) is 17.1 Å². The smallest absolute Gasteiger partial charge is 0.231 e. The third-order valence-electron chi connectivity index (χ3n) is 2.66.